The van der Waals surface area contributed by atoms with E-state index in [0.717, 1.165) is 18.9 Å². The van der Waals surface area contributed by atoms with Crippen LogP contribution in [0.1, 0.15) is 49.8 Å². The molecule has 2 heteroatoms. The fourth-order valence-electron chi connectivity index (χ4n) is 2.58. The van der Waals surface area contributed by atoms with Crippen molar-refractivity contribution in [2.75, 3.05) is 19.6 Å². The lowest BCUT2D eigenvalue weighted by molar-refractivity contribution is 0.253. The summed E-state index contributed by atoms with van der Waals surface area (Å²) in [4.78, 5) is 2.60. The van der Waals surface area contributed by atoms with Gasteiger partial charge in [0.05, 0.1) is 0 Å². The zero-order valence-electron chi connectivity index (χ0n) is 12.4. The number of nitrogens with zero attached hydrogens (tertiary/aromatic N) is 1. The smallest absolute Gasteiger partial charge is 0.0307 e. The van der Waals surface area contributed by atoms with Crippen molar-refractivity contribution in [3.63, 3.8) is 0 Å². The molecule has 1 aromatic rings. The quantitative estimate of drug-likeness (QED) is 0.775. The average Bonchev–Trinajstić information content (AvgIpc) is 3.21. The minimum absolute atomic E-state index is 0.180. The standard InChI is InChI=1S/C17H28N2/c1-3-11-19(13-15-6-7-15)12-10-17(18)16-8-4-14(2)5-9-16/h4-5,8-9,15,17H,3,6-7,10-13,18H2,1-2H3. The second-order valence-electron chi connectivity index (χ2n) is 6.05. The van der Waals surface area contributed by atoms with Gasteiger partial charge in [-0.15, -0.1) is 0 Å². The maximum atomic E-state index is 6.31. The molecule has 0 heterocycles. The van der Waals surface area contributed by atoms with E-state index in [4.69, 9.17) is 5.73 Å². The van der Waals surface area contributed by atoms with Crippen LogP contribution in [0.3, 0.4) is 0 Å². The Balaban J connectivity index is 1.79. The Kier molecular flexibility index (Phi) is 5.41. The van der Waals surface area contributed by atoms with Crippen molar-refractivity contribution in [3.05, 3.63) is 35.4 Å². The van der Waals surface area contributed by atoms with Gasteiger partial charge in [0.15, 0.2) is 0 Å². The van der Waals surface area contributed by atoms with Gasteiger partial charge < -0.3 is 10.6 Å². The van der Waals surface area contributed by atoms with Gasteiger partial charge in [-0.05, 0) is 57.2 Å². The predicted molar refractivity (Wildman–Crippen MR) is 82.2 cm³/mol. The number of hydrogen-bond acceptors (Lipinski definition) is 2. The number of aryl methyl sites for hydroxylation is 1. The molecule has 0 radical (unpaired) electrons. The molecule has 1 aromatic carbocycles. The molecule has 0 saturated heterocycles. The highest BCUT2D eigenvalue weighted by molar-refractivity contribution is 5.23. The van der Waals surface area contributed by atoms with Crippen molar-refractivity contribution in [1.29, 1.82) is 0 Å². The summed E-state index contributed by atoms with van der Waals surface area (Å²) >= 11 is 0. The van der Waals surface area contributed by atoms with Gasteiger partial charge in [-0.1, -0.05) is 36.8 Å². The van der Waals surface area contributed by atoms with Gasteiger partial charge in [0.25, 0.3) is 0 Å². The number of rotatable bonds is 8. The third-order valence-corrected chi connectivity index (χ3v) is 4.01. The van der Waals surface area contributed by atoms with Gasteiger partial charge in [0, 0.05) is 12.6 Å². The average molecular weight is 260 g/mol. The van der Waals surface area contributed by atoms with Gasteiger partial charge in [-0.25, -0.2) is 0 Å². The summed E-state index contributed by atoms with van der Waals surface area (Å²) in [6.45, 7) is 8.03. The van der Waals surface area contributed by atoms with Crippen LogP contribution in [0.15, 0.2) is 24.3 Å². The van der Waals surface area contributed by atoms with Crippen LogP contribution in [0.2, 0.25) is 0 Å². The number of hydrogen-bond donors (Lipinski definition) is 1. The minimum atomic E-state index is 0.180. The van der Waals surface area contributed by atoms with Gasteiger partial charge in [0.2, 0.25) is 0 Å². The Morgan fingerprint density at radius 1 is 1.21 bits per heavy atom. The first-order valence-electron chi connectivity index (χ1n) is 7.73. The zero-order chi connectivity index (χ0) is 13.7. The molecule has 1 saturated carbocycles. The lowest BCUT2D eigenvalue weighted by atomic mass is 10.0. The highest BCUT2D eigenvalue weighted by atomic mass is 15.1. The molecule has 0 aliphatic heterocycles. The molecule has 0 aromatic heterocycles. The second kappa shape index (κ2) is 7.06. The highest BCUT2D eigenvalue weighted by Crippen LogP contribution is 2.30. The van der Waals surface area contributed by atoms with E-state index in [1.54, 1.807) is 0 Å². The largest absolute Gasteiger partial charge is 0.324 e. The van der Waals surface area contributed by atoms with Gasteiger partial charge in [-0.2, -0.15) is 0 Å². The first kappa shape index (κ1) is 14.5. The number of nitrogens with two attached hydrogens (primary N) is 1. The molecule has 1 atom stereocenters. The predicted octanol–water partition coefficient (Wildman–Crippen LogP) is 3.51. The molecule has 1 aliphatic rings. The summed E-state index contributed by atoms with van der Waals surface area (Å²) in [7, 11) is 0. The normalized spacial score (nSPS) is 16.8. The van der Waals surface area contributed by atoms with E-state index in [0.29, 0.717) is 0 Å². The maximum Gasteiger partial charge on any atom is 0.0307 e. The molecule has 0 spiro atoms. The lowest BCUT2D eigenvalue weighted by Gasteiger charge is -2.23. The topological polar surface area (TPSA) is 29.3 Å². The second-order valence-corrected chi connectivity index (χ2v) is 6.05. The molecule has 1 unspecified atom stereocenters. The molecule has 1 fully saturated rings. The lowest BCUT2D eigenvalue weighted by Crippen LogP contribution is -2.30. The highest BCUT2D eigenvalue weighted by Gasteiger charge is 2.24. The third-order valence-electron chi connectivity index (χ3n) is 4.01. The Bertz CT molecular complexity index is 367. The summed E-state index contributed by atoms with van der Waals surface area (Å²) in [5.74, 6) is 0.974. The molecule has 2 nitrogen and oxygen atoms in total. The summed E-state index contributed by atoms with van der Waals surface area (Å²) in [5, 5.41) is 0. The summed E-state index contributed by atoms with van der Waals surface area (Å²) in [6, 6.07) is 8.84. The molecule has 2 N–H and O–H groups in total. The van der Waals surface area contributed by atoms with Crippen LogP contribution in [0.25, 0.3) is 0 Å². The first-order valence-corrected chi connectivity index (χ1v) is 7.73. The van der Waals surface area contributed by atoms with Crippen LogP contribution in [0.4, 0.5) is 0 Å². The van der Waals surface area contributed by atoms with E-state index in [2.05, 4.69) is 43.0 Å². The van der Waals surface area contributed by atoms with Crippen LogP contribution in [-0.2, 0) is 0 Å². The first-order chi connectivity index (χ1) is 9.19. The van der Waals surface area contributed by atoms with E-state index in [-0.39, 0.29) is 6.04 Å². The van der Waals surface area contributed by atoms with Crippen molar-refractivity contribution < 1.29 is 0 Å². The van der Waals surface area contributed by atoms with E-state index >= 15 is 0 Å². The Morgan fingerprint density at radius 2 is 1.89 bits per heavy atom. The van der Waals surface area contributed by atoms with Gasteiger partial charge >= 0.3 is 0 Å². The Hall–Kier alpha value is -0.860. The summed E-state index contributed by atoms with van der Waals surface area (Å²) < 4.78 is 0. The van der Waals surface area contributed by atoms with E-state index in [9.17, 15) is 0 Å². The molecular formula is C17H28N2. The SMILES string of the molecule is CCCN(CCC(N)c1ccc(C)cc1)CC1CC1. The fraction of sp³-hybridized carbons (Fsp3) is 0.647. The van der Waals surface area contributed by atoms with Crippen molar-refractivity contribution in [2.45, 2.75) is 45.6 Å². The molecule has 1 aliphatic carbocycles. The molecule has 2 rings (SSSR count). The van der Waals surface area contributed by atoms with Crippen molar-refractivity contribution in [3.8, 4) is 0 Å². The van der Waals surface area contributed by atoms with E-state index in [1.165, 1.54) is 43.5 Å². The van der Waals surface area contributed by atoms with Crippen molar-refractivity contribution >= 4 is 0 Å². The van der Waals surface area contributed by atoms with Crippen LogP contribution in [0, 0.1) is 12.8 Å². The molecule has 19 heavy (non-hydrogen) atoms. The van der Waals surface area contributed by atoms with Crippen molar-refractivity contribution in [1.82, 2.24) is 4.90 Å². The molecule has 0 bridgehead atoms. The molecule has 0 amide bonds. The third kappa shape index (κ3) is 4.96. The minimum Gasteiger partial charge on any atom is -0.324 e. The zero-order valence-corrected chi connectivity index (χ0v) is 12.4. The monoisotopic (exact) mass is 260 g/mol. The molecule has 106 valence electrons. The number of benzene rings is 1. The Morgan fingerprint density at radius 3 is 2.47 bits per heavy atom. The van der Waals surface area contributed by atoms with E-state index < -0.39 is 0 Å². The fourth-order valence-corrected chi connectivity index (χ4v) is 2.58. The van der Waals surface area contributed by atoms with E-state index in [1.807, 2.05) is 0 Å². The molecular weight excluding hydrogens is 232 g/mol. The summed E-state index contributed by atoms with van der Waals surface area (Å²) in [6.07, 6.45) is 5.18. The van der Waals surface area contributed by atoms with Gasteiger partial charge in [-0.3, -0.25) is 0 Å². The van der Waals surface area contributed by atoms with Crippen LogP contribution in [0.5, 0.6) is 0 Å². The maximum absolute atomic E-state index is 6.31. The van der Waals surface area contributed by atoms with Gasteiger partial charge in [0.1, 0.15) is 0 Å². The van der Waals surface area contributed by atoms with Crippen molar-refractivity contribution in [2.24, 2.45) is 11.7 Å². The van der Waals surface area contributed by atoms with Crippen LogP contribution >= 0.6 is 0 Å². The summed E-state index contributed by atoms with van der Waals surface area (Å²) in [5.41, 5.74) is 8.88. The van der Waals surface area contributed by atoms with Crippen LogP contribution < -0.4 is 5.73 Å². The van der Waals surface area contributed by atoms with Crippen LogP contribution in [-0.4, -0.2) is 24.5 Å². The Labute approximate surface area is 118 Å².